The zero-order valence-corrected chi connectivity index (χ0v) is 17.7. The first-order valence-electron chi connectivity index (χ1n) is 9.89. The van der Waals surface area contributed by atoms with Gasteiger partial charge in [0.1, 0.15) is 18.2 Å². The summed E-state index contributed by atoms with van der Waals surface area (Å²) in [6.45, 7) is 0.563. The van der Waals surface area contributed by atoms with E-state index in [0.717, 1.165) is 16.5 Å². The summed E-state index contributed by atoms with van der Waals surface area (Å²) < 4.78 is 7.67. The highest BCUT2D eigenvalue weighted by Crippen LogP contribution is 2.31. The molecule has 0 atom stereocenters. The minimum Gasteiger partial charge on any atom is -0.451 e. The topological polar surface area (TPSA) is 98.7 Å². The summed E-state index contributed by atoms with van der Waals surface area (Å²) in [5.41, 5.74) is 3.16. The van der Waals surface area contributed by atoms with Gasteiger partial charge < -0.3 is 9.73 Å². The van der Waals surface area contributed by atoms with Crippen LogP contribution in [0.25, 0.3) is 11.0 Å². The Kier molecular flexibility index (Phi) is 5.63. The third-order valence-electron chi connectivity index (χ3n) is 4.79. The van der Waals surface area contributed by atoms with Crippen molar-refractivity contribution >= 4 is 34.3 Å². The van der Waals surface area contributed by atoms with Gasteiger partial charge in [0.25, 0.3) is 5.91 Å². The number of hydrogen-bond acceptors (Lipinski definition) is 7. The van der Waals surface area contributed by atoms with Crippen LogP contribution in [0.1, 0.15) is 21.7 Å². The van der Waals surface area contributed by atoms with Gasteiger partial charge in [-0.05, 0) is 29.8 Å². The summed E-state index contributed by atoms with van der Waals surface area (Å²) in [5.74, 6) is 0.496. The largest absolute Gasteiger partial charge is 0.451 e. The predicted molar refractivity (Wildman–Crippen MR) is 121 cm³/mol. The van der Waals surface area contributed by atoms with Gasteiger partial charge in [0.2, 0.25) is 0 Å². The van der Waals surface area contributed by atoms with Crippen molar-refractivity contribution in [1.82, 2.24) is 24.7 Å². The normalized spacial score (nSPS) is 11.0. The van der Waals surface area contributed by atoms with Crippen LogP contribution < -0.4 is 5.32 Å². The molecule has 5 aromatic rings. The maximum Gasteiger partial charge on any atom is 0.291 e. The predicted octanol–water partition coefficient (Wildman–Crippen LogP) is 4.41. The van der Waals surface area contributed by atoms with E-state index in [1.165, 1.54) is 18.1 Å². The van der Waals surface area contributed by atoms with Gasteiger partial charge in [-0.1, -0.05) is 42.1 Å². The van der Waals surface area contributed by atoms with Gasteiger partial charge in [-0.2, -0.15) is 5.10 Å². The highest BCUT2D eigenvalue weighted by Gasteiger charge is 2.21. The second kappa shape index (κ2) is 9.03. The fourth-order valence-electron chi connectivity index (χ4n) is 3.36. The number of furan rings is 1. The number of nitrogens with one attached hydrogen (secondary N) is 1. The molecule has 32 heavy (non-hydrogen) atoms. The molecule has 1 amide bonds. The third-order valence-corrected chi connectivity index (χ3v) is 5.69. The van der Waals surface area contributed by atoms with Gasteiger partial charge in [-0.15, -0.1) is 0 Å². The van der Waals surface area contributed by atoms with E-state index < -0.39 is 0 Å². The Labute approximate surface area is 187 Å². The third kappa shape index (κ3) is 4.37. The lowest BCUT2D eigenvalue weighted by atomic mass is 10.1. The Hall–Kier alpha value is -3.98. The Morgan fingerprint density at radius 3 is 2.78 bits per heavy atom. The maximum atomic E-state index is 13.2. The summed E-state index contributed by atoms with van der Waals surface area (Å²) in [6.07, 6.45) is 6.54. The molecular formula is C23H18N6O2S. The second-order valence-electron chi connectivity index (χ2n) is 6.97. The van der Waals surface area contributed by atoms with Gasteiger partial charge in [0.05, 0.1) is 6.54 Å². The second-order valence-corrected chi connectivity index (χ2v) is 7.92. The molecule has 0 aliphatic rings. The van der Waals surface area contributed by atoms with Crippen LogP contribution in [0.15, 0.2) is 89.2 Å². The van der Waals surface area contributed by atoms with Crippen molar-refractivity contribution in [2.24, 2.45) is 0 Å². The first-order valence-corrected chi connectivity index (χ1v) is 10.9. The van der Waals surface area contributed by atoms with Crippen molar-refractivity contribution in [1.29, 1.82) is 0 Å². The van der Waals surface area contributed by atoms with Gasteiger partial charge in [-0.25, -0.2) is 19.6 Å². The van der Waals surface area contributed by atoms with E-state index in [0.29, 0.717) is 28.7 Å². The fourth-order valence-corrected chi connectivity index (χ4v) is 4.19. The minimum atomic E-state index is -0.302. The van der Waals surface area contributed by atoms with Crippen molar-refractivity contribution < 1.29 is 9.21 Å². The van der Waals surface area contributed by atoms with Crippen molar-refractivity contribution in [3.63, 3.8) is 0 Å². The number of aromatic nitrogens is 5. The molecule has 0 unspecified atom stereocenters. The molecule has 0 fully saturated rings. The summed E-state index contributed by atoms with van der Waals surface area (Å²) in [7, 11) is 0. The minimum absolute atomic E-state index is 0.288. The Morgan fingerprint density at radius 2 is 1.94 bits per heavy atom. The number of para-hydroxylation sites is 1. The number of rotatable bonds is 7. The number of benzene rings is 2. The van der Waals surface area contributed by atoms with Gasteiger partial charge in [0, 0.05) is 34.8 Å². The highest BCUT2D eigenvalue weighted by atomic mass is 32.2. The highest BCUT2D eigenvalue weighted by molar-refractivity contribution is 7.98. The first kappa shape index (κ1) is 20.0. The van der Waals surface area contributed by atoms with E-state index >= 15 is 0 Å². The first-order chi connectivity index (χ1) is 15.8. The number of hydrogen-bond donors (Lipinski definition) is 1. The molecule has 0 aliphatic heterocycles. The molecule has 0 saturated heterocycles. The average molecular weight is 443 g/mol. The van der Waals surface area contributed by atoms with E-state index in [1.807, 2.05) is 48.5 Å². The molecule has 1 N–H and O–H groups in total. The van der Waals surface area contributed by atoms with Crippen LogP contribution in [0.3, 0.4) is 0 Å². The van der Waals surface area contributed by atoms with E-state index in [-0.39, 0.29) is 11.7 Å². The van der Waals surface area contributed by atoms with E-state index in [9.17, 15) is 4.79 Å². The SMILES string of the molecule is O=C(Nc1cccc(Cn2cncn2)c1)c1oc2ccccc2c1CSc1ncccn1. The van der Waals surface area contributed by atoms with Crippen LogP contribution in [0.4, 0.5) is 5.69 Å². The number of carbonyl (C=O) groups is 1. The van der Waals surface area contributed by atoms with Gasteiger partial charge in [-0.3, -0.25) is 4.79 Å². The van der Waals surface area contributed by atoms with Crippen LogP contribution >= 0.6 is 11.8 Å². The molecule has 3 aromatic heterocycles. The number of fused-ring (bicyclic) bond motifs is 1. The molecule has 0 spiro atoms. The molecule has 8 nitrogen and oxygen atoms in total. The summed E-state index contributed by atoms with van der Waals surface area (Å²) in [4.78, 5) is 25.6. The number of nitrogens with zero attached hydrogens (tertiary/aromatic N) is 5. The molecule has 0 saturated carbocycles. The van der Waals surface area contributed by atoms with Crippen molar-refractivity contribution in [3.05, 3.63) is 96.5 Å². The molecule has 2 aromatic carbocycles. The molecule has 9 heteroatoms. The monoisotopic (exact) mass is 442 g/mol. The van der Waals surface area contributed by atoms with Crippen LogP contribution in [-0.4, -0.2) is 30.6 Å². The average Bonchev–Trinajstić information content (AvgIpc) is 3.46. The Morgan fingerprint density at radius 1 is 1.06 bits per heavy atom. The number of thioether (sulfide) groups is 1. The lowest BCUT2D eigenvalue weighted by molar-refractivity contribution is 0.0998. The molecule has 5 rings (SSSR count). The van der Waals surface area contributed by atoms with E-state index in [4.69, 9.17) is 4.42 Å². The molecule has 0 bridgehead atoms. The number of carbonyl (C=O) groups excluding carboxylic acids is 1. The van der Waals surface area contributed by atoms with Crippen LogP contribution in [0, 0.1) is 0 Å². The smallest absolute Gasteiger partial charge is 0.291 e. The van der Waals surface area contributed by atoms with E-state index in [1.54, 1.807) is 29.5 Å². The standard InChI is InChI=1S/C23H18N6O2S/c30-22(28-17-6-3-5-16(11-17)12-29-15-24-14-27-29)21-19(13-32-23-25-9-4-10-26-23)18-7-1-2-8-20(18)31-21/h1-11,14-15H,12-13H2,(H,28,30). The molecule has 0 aliphatic carbocycles. The van der Waals surface area contributed by atoms with Crippen molar-refractivity contribution in [2.45, 2.75) is 17.5 Å². The molecule has 0 radical (unpaired) electrons. The van der Waals surface area contributed by atoms with E-state index in [2.05, 4.69) is 25.4 Å². The fraction of sp³-hybridized carbons (Fsp3) is 0.0870. The Bertz CT molecular complexity index is 1350. The summed E-state index contributed by atoms with van der Waals surface area (Å²) >= 11 is 1.46. The Balaban J connectivity index is 1.39. The summed E-state index contributed by atoms with van der Waals surface area (Å²) in [6, 6.07) is 17.0. The number of amides is 1. The number of anilines is 1. The molecular weight excluding hydrogens is 424 g/mol. The molecule has 158 valence electrons. The summed E-state index contributed by atoms with van der Waals surface area (Å²) in [5, 5.41) is 8.63. The zero-order chi connectivity index (χ0) is 21.8. The van der Waals surface area contributed by atoms with Crippen molar-refractivity contribution in [2.75, 3.05) is 5.32 Å². The quantitative estimate of drug-likeness (QED) is 0.294. The van der Waals surface area contributed by atoms with Gasteiger partial charge in [0.15, 0.2) is 10.9 Å². The van der Waals surface area contributed by atoms with Crippen LogP contribution in [0.2, 0.25) is 0 Å². The lowest BCUT2D eigenvalue weighted by Gasteiger charge is -2.08. The lowest BCUT2D eigenvalue weighted by Crippen LogP contribution is -2.13. The van der Waals surface area contributed by atoms with Gasteiger partial charge >= 0.3 is 0 Å². The van der Waals surface area contributed by atoms with Crippen LogP contribution in [0.5, 0.6) is 0 Å². The van der Waals surface area contributed by atoms with Crippen molar-refractivity contribution in [3.8, 4) is 0 Å². The molecule has 3 heterocycles. The maximum absolute atomic E-state index is 13.2. The van der Waals surface area contributed by atoms with Crippen LogP contribution in [-0.2, 0) is 12.3 Å². The zero-order valence-electron chi connectivity index (χ0n) is 16.9.